The van der Waals surface area contributed by atoms with E-state index in [0.717, 1.165) is 12.0 Å². The summed E-state index contributed by atoms with van der Waals surface area (Å²) in [5.74, 6) is 1.68. The lowest BCUT2D eigenvalue weighted by atomic mass is 10.1. The van der Waals surface area contributed by atoms with Gasteiger partial charge in [-0.15, -0.1) is 0 Å². The number of aryl methyl sites for hydroxylation is 1. The molecule has 0 radical (unpaired) electrons. The van der Waals surface area contributed by atoms with Gasteiger partial charge >= 0.3 is 0 Å². The fourth-order valence-corrected chi connectivity index (χ4v) is 2.15. The minimum absolute atomic E-state index is 0.134. The van der Waals surface area contributed by atoms with Crippen LogP contribution in [0.5, 0.6) is 17.2 Å². The van der Waals surface area contributed by atoms with Gasteiger partial charge in [0.15, 0.2) is 17.2 Å². The van der Waals surface area contributed by atoms with Gasteiger partial charge in [-0.3, -0.25) is 0 Å². The summed E-state index contributed by atoms with van der Waals surface area (Å²) in [6.07, 6.45) is 0.921. The molecule has 0 aliphatic heterocycles. The van der Waals surface area contributed by atoms with E-state index in [4.69, 9.17) is 21.1 Å². The Bertz CT molecular complexity index is 596. The molecule has 0 aromatic heterocycles. The minimum Gasteiger partial charge on any atom is -0.493 e. The van der Waals surface area contributed by atoms with Crippen molar-refractivity contribution in [3.05, 3.63) is 52.5 Å². The predicted molar refractivity (Wildman–Crippen MR) is 79.8 cm³/mol. The summed E-state index contributed by atoms with van der Waals surface area (Å²) in [5.41, 5.74) is 1.80. The van der Waals surface area contributed by atoms with Gasteiger partial charge in [-0.05, 0) is 30.2 Å². The molecule has 1 N–H and O–H groups in total. The highest BCUT2D eigenvalue weighted by Gasteiger charge is 2.12. The third kappa shape index (κ3) is 3.06. The summed E-state index contributed by atoms with van der Waals surface area (Å²) in [5, 5.41) is 9.82. The largest absolute Gasteiger partial charge is 0.493 e. The number of hydrogen-bond donors (Lipinski definition) is 1. The summed E-state index contributed by atoms with van der Waals surface area (Å²) in [4.78, 5) is 0. The lowest BCUT2D eigenvalue weighted by Crippen LogP contribution is -1.96. The van der Waals surface area contributed by atoms with Crippen molar-refractivity contribution in [2.24, 2.45) is 0 Å². The lowest BCUT2D eigenvalue weighted by Gasteiger charge is -2.14. The van der Waals surface area contributed by atoms with Crippen molar-refractivity contribution in [3.8, 4) is 17.2 Å². The summed E-state index contributed by atoms with van der Waals surface area (Å²) < 4.78 is 11.2. The Kier molecular flexibility index (Phi) is 4.88. The molecule has 0 atom stereocenters. The SMILES string of the molecule is CCc1ccc(Oc2c(Cl)cccc2CO)c(OC)c1. The fraction of sp³-hybridized carbons (Fsp3) is 0.250. The summed E-state index contributed by atoms with van der Waals surface area (Å²) in [7, 11) is 1.60. The fourth-order valence-electron chi connectivity index (χ4n) is 1.92. The van der Waals surface area contributed by atoms with E-state index in [1.54, 1.807) is 25.3 Å². The van der Waals surface area contributed by atoms with E-state index in [-0.39, 0.29) is 6.61 Å². The van der Waals surface area contributed by atoms with Crippen LogP contribution in [0.15, 0.2) is 36.4 Å². The molecule has 4 heteroatoms. The van der Waals surface area contributed by atoms with Gasteiger partial charge in [0.05, 0.1) is 18.7 Å². The first-order valence-corrected chi connectivity index (χ1v) is 6.80. The molecule has 3 nitrogen and oxygen atoms in total. The molecular weight excluding hydrogens is 276 g/mol. The molecule has 0 saturated carbocycles. The Balaban J connectivity index is 2.39. The van der Waals surface area contributed by atoms with Gasteiger partial charge < -0.3 is 14.6 Å². The number of ether oxygens (including phenoxy) is 2. The average molecular weight is 293 g/mol. The van der Waals surface area contributed by atoms with Crippen LogP contribution in [0.1, 0.15) is 18.1 Å². The van der Waals surface area contributed by atoms with Gasteiger partial charge in [-0.1, -0.05) is 36.7 Å². The molecule has 0 aliphatic carbocycles. The maximum Gasteiger partial charge on any atom is 0.169 e. The molecule has 0 aliphatic rings. The normalized spacial score (nSPS) is 10.4. The molecule has 0 spiro atoms. The van der Waals surface area contributed by atoms with Gasteiger partial charge in [-0.2, -0.15) is 0 Å². The smallest absolute Gasteiger partial charge is 0.169 e. The van der Waals surface area contributed by atoms with Crippen LogP contribution in [0.2, 0.25) is 5.02 Å². The van der Waals surface area contributed by atoms with Crippen LogP contribution in [-0.2, 0) is 13.0 Å². The van der Waals surface area contributed by atoms with Crippen LogP contribution >= 0.6 is 11.6 Å². The van der Waals surface area contributed by atoms with Crippen LogP contribution in [0, 0.1) is 0 Å². The molecule has 2 aromatic carbocycles. The van der Waals surface area contributed by atoms with Crippen LogP contribution in [0.3, 0.4) is 0 Å². The maximum absolute atomic E-state index is 9.36. The third-order valence-corrected chi connectivity index (χ3v) is 3.36. The van der Waals surface area contributed by atoms with E-state index in [0.29, 0.717) is 27.8 Å². The van der Waals surface area contributed by atoms with Crippen molar-refractivity contribution < 1.29 is 14.6 Å². The first-order valence-electron chi connectivity index (χ1n) is 6.42. The number of benzene rings is 2. The zero-order chi connectivity index (χ0) is 14.5. The number of aliphatic hydroxyl groups excluding tert-OH is 1. The highest BCUT2D eigenvalue weighted by Crippen LogP contribution is 2.37. The van der Waals surface area contributed by atoms with Gasteiger partial charge in [0.25, 0.3) is 0 Å². The van der Waals surface area contributed by atoms with Crippen molar-refractivity contribution >= 4 is 11.6 Å². The number of rotatable bonds is 5. The Labute approximate surface area is 123 Å². The zero-order valence-corrected chi connectivity index (χ0v) is 12.3. The summed E-state index contributed by atoms with van der Waals surface area (Å²) in [6.45, 7) is 1.94. The molecule has 0 amide bonds. The second-order valence-electron chi connectivity index (χ2n) is 4.33. The maximum atomic E-state index is 9.36. The van der Waals surface area contributed by atoms with Crippen LogP contribution in [0.4, 0.5) is 0 Å². The topological polar surface area (TPSA) is 38.7 Å². The standard InChI is InChI=1S/C16H17ClO3/c1-3-11-7-8-14(15(9-11)19-2)20-16-12(10-18)5-4-6-13(16)17/h4-9,18H,3,10H2,1-2H3. The van der Waals surface area contributed by atoms with E-state index in [1.165, 1.54) is 0 Å². The van der Waals surface area contributed by atoms with Gasteiger partial charge in [0.1, 0.15) is 0 Å². The Morgan fingerprint density at radius 2 is 1.95 bits per heavy atom. The first-order chi connectivity index (χ1) is 9.69. The average Bonchev–Trinajstić information content (AvgIpc) is 2.49. The van der Waals surface area contributed by atoms with E-state index >= 15 is 0 Å². The molecule has 0 fully saturated rings. The number of aliphatic hydroxyl groups is 1. The molecule has 20 heavy (non-hydrogen) atoms. The molecule has 0 bridgehead atoms. The van der Waals surface area contributed by atoms with Crippen LogP contribution in [-0.4, -0.2) is 12.2 Å². The lowest BCUT2D eigenvalue weighted by molar-refractivity contribution is 0.275. The van der Waals surface area contributed by atoms with Crippen molar-refractivity contribution in [2.45, 2.75) is 20.0 Å². The summed E-state index contributed by atoms with van der Waals surface area (Å²) >= 11 is 6.14. The molecule has 2 aromatic rings. The minimum atomic E-state index is -0.134. The highest BCUT2D eigenvalue weighted by molar-refractivity contribution is 6.32. The van der Waals surface area contributed by atoms with Crippen molar-refractivity contribution in [1.82, 2.24) is 0 Å². The molecule has 2 rings (SSSR count). The van der Waals surface area contributed by atoms with E-state index in [1.807, 2.05) is 18.2 Å². The van der Waals surface area contributed by atoms with Crippen molar-refractivity contribution in [1.29, 1.82) is 0 Å². The number of para-hydroxylation sites is 1. The highest BCUT2D eigenvalue weighted by atomic mass is 35.5. The monoisotopic (exact) mass is 292 g/mol. The van der Waals surface area contributed by atoms with Crippen LogP contribution in [0.25, 0.3) is 0 Å². The second-order valence-corrected chi connectivity index (χ2v) is 4.73. The third-order valence-electron chi connectivity index (χ3n) is 3.07. The first kappa shape index (κ1) is 14.7. The van der Waals surface area contributed by atoms with Crippen molar-refractivity contribution in [2.75, 3.05) is 7.11 Å². The van der Waals surface area contributed by atoms with Crippen LogP contribution < -0.4 is 9.47 Å². The molecule has 106 valence electrons. The Morgan fingerprint density at radius 3 is 2.60 bits per heavy atom. The number of halogens is 1. The van der Waals surface area contributed by atoms with E-state index < -0.39 is 0 Å². The zero-order valence-electron chi connectivity index (χ0n) is 11.5. The molecule has 0 unspecified atom stereocenters. The van der Waals surface area contributed by atoms with Gasteiger partial charge in [0.2, 0.25) is 0 Å². The molecular formula is C16H17ClO3. The van der Waals surface area contributed by atoms with Gasteiger partial charge in [0, 0.05) is 5.56 Å². The summed E-state index contributed by atoms with van der Waals surface area (Å²) in [6, 6.07) is 11.0. The number of hydrogen-bond acceptors (Lipinski definition) is 3. The molecule has 0 heterocycles. The second kappa shape index (κ2) is 6.64. The Morgan fingerprint density at radius 1 is 1.15 bits per heavy atom. The van der Waals surface area contributed by atoms with Crippen molar-refractivity contribution in [3.63, 3.8) is 0 Å². The number of methoxy groups -OCH3 is 1. The van der Waals surface area contributed by atoms with Gasteiger partial charge in [-0.25, -0.2) is 0 Å². The van der Waals surface area contributed by atoms with E-state index in [2.05, 4.69) is 6.92 Å². The quantitative estimate of drug-likeness (QED) is 0.898. The molecule has 0 saturated heterocycles. The predicted octanol–water partition coefficient (Wildman–Crippen LogP) is 4.20. The van der Waals surface area contributed by atoms with E-state index in [9.17, 15) is 5.11 Å². The Hall–Kier alpha value is -1.71.